The second-order valence-corrected chi connectivity index (χ2v) is 4.51. The highest BCUT2D eigenvalue weighted by molar-refractivity contribution is 5.97. The van der Waals surface area contributed by atoms with E-state index < -0.39 is 0 Å². The number of hydrogen-bond donors (Lipinski definition) is 0. The molecule has 0 amide bonds. The Kier molecular flexibility index (Phi) is 2.89. The van der Waals surface area contributed by atoms with Gasteiger partial charge in [0, 0.05) is 5.41 Å². The van der Waals surface area contributed by atoms with E-state index in [2.05, 4.69) is 6.92 Å². The van der Waals surface area contributed by atoms with Crippen LogP contribution in [-0.4, -0.2) is 12.1 Å². The Labute approximate surface area is 79.7 Å². The first kappa shape index (κ1) is 10.4. The lowest BCUT2D eigenvalue weighted by Crippen LogP contribution is -2.42. The Morgan fingerprint density at radius 1 is 1.46 bits per heavy atom. The first-order valence-electron chi connectivity index (χ1n) is 5.03. The monoisotopic (exact) mass is 182 g/mol. The lowest BCUT2D eigenvalue weighted by Gasteiger charge is -2.39. The number of carbonyl (C=O) groups is 2. The van der Waals surface area contributed by atoms with E-state index in [9.17, 15) is 9.59 Å². The van der Waals surface area contributed by atoms with Crippen molar-refractivity contribution in [3.8, 4) is 0 Å². The van der Waals surface area contributed by atoms with Crippen molar-refractivity contribution < 1.29 is 9.59 Å². The molecular formula is C11H18O2. The first-order chi connectivity index (χ1) is 6.04. The minimum Gasteiger partial charge on any atom is -0.303 e. The highest BCUT2D eigenvalue weighted by Gasteiger charge is 2.43. The van der Waals surface area contributed by atoms with Crippen LogP contribution in [0.4, 0.5) is 0 Å². The van der Waals surface area contributed by atoms with E-state index in [-0.39, 0.29) is 17.1 Å². The highest BCUT2D eigenvalue weighted by atomic mass is 16.1. The number of carbonyl (C=O) groups excluding carboxylic acids is 2. The van der Waals surface area contributed by atoms with Gasteiger partial charge in [-0.3, -0.25) is 4.79 Å². The maximum absolute atomic E-state index is 11.8. The van der Waals surface area contributed by atoms with Crippen LogP contribution >= 0.6 is 0 Å². The molecule has 0 radical (unpaired) electrons. The first-order valence-corrected chi connectivity index (χ1v) is 5.03. The van der Waals surface area contributed by atoms with Crippen molar-refractivity contribution in [2.45, 2.75) is 40.0 Å². The van der Waals surface area contributed by atoms with Gasteiger partial charge in [-0.2, -0.15) is 0 Å². The van der Waals surface area contributed by atoms with Gasteiger partial charge in [-0.25, -0.2) is 0 Å². The van der Waals surface area contributed by atoms with Crippen molar-refractivity contribution in [3.63, 3.8) is 0 Å². The van der Waals surface area contributed by atoms with Gasteiger partial charge in [-0.15, -0.1) is 0 Å². The summed E-state index contributed by atoms with van der Waals surface area (Å²) in [6, 6.07) is 0. The topological polar surface area (TPSA) is 34.1 Å². The van der Waals surface area contributed by atoms with Gasteiger partial charge in [0.1, 0.15) is 12.1 Å². The van der Waals surface area contributed by atoms with Crippen LogP contribution in [0, 0.1) is 17.3 Å². The summed E-state index contributed by atoms with van der Waals surface area (Å²) in [5, 5.41) is 0. The standard InChI is InChI=1S/C11H18O2/c1-4-9-6-5-8(7-12)10(13)11(9,2)3/h7-9H,4-6H2,1-3H3. The summed E-state index contributed by atoms with van der Waals surface area (Å²) in [6.45, 7) is 6.05. The molecular weight excluding hydrogens is 164 g/mol. The second-order valence-electron chi connectivity index (χ2n) is 4.51. The van der Waals surface area contributed by atoms with Crippen LogP contribution in [0.15, 0.2) is 0 Å². The number of ketones is 1. The van der Waals surface area contributed by atoms with Gasteiger partial charge < -0.3 is 4.79 Å². The van der Waals surface area contributed by atoms with E-state index in [0.29, 0.717) is 5.92 Å². The van der Waals surface area contributed by atoms with Crippen molar-refractivity contribution >= 4 is 12.1 Å². The zero-order valence-corrected chi connectivity index (χ0v) is 8.67. The molecule has 1 saturated carbocycles. The average Bonchev–Trinajstić information content (AvgIpc) is 2.09. The van der Waals surface area contributed by atoms with E-state index in [1.807, 2.05) is 13.8 Å². The lowest BCUT2D eigenvalue weighted by molar-refractivity contribution is -0.140. The van der Waals surface area contributed by atoms with Crippen LogP contribution in [0.2, 0.25) is 0 Å². The van der Waals surface area contributed by atoms with E-state index >= 15 is 0 Å². The van der Waals surface area contributed by atoms with Gasteiger partial charge in [0.2, 0.25) is 0 Å². The normalized spacial score (nSPS) is 33.0. The third kappa shape index (κ3) is 1.67. The molecule has 0 bridgehead atoms. The van der Waals surface area contributed by atoms with Crippen LogP contribution in [0.25, 0.3) is 0 Å². The van der Waals surface area contributed by atoms with Gasteiger partial charge in [-0.1, -0.05) is 27.2 Å². The fourth-order valence-electron chi connectivity index (χ4n) is 2.40. The molecule has 2 heteroatoms. The van der Waals surface area contributed by atoms with Crippen molar-refractivity contribution in [2.24, 2.45) is 17.3 Å². The Balaban J connectivity index is 2.84. The summed E-state index contributed by atoms with van der Waals surface area (Å²) in [7, 11) is 0. The summed E-state index contributed by atoms with van der Waals surface area (Å²) in [6.07, 6.45) is 3.61. The summed E-state index contributed by atoms with van der Waals surface area (Å²) < 4.78 is 0. The number of rotatable bonds is 2. The zero-order valence-electron chi connectivity index (χ0n) is 8.67. The number of hydrogen-bond acceptors (Lipinski definition) is 2. The summed E-state index contributed by atoms with van der Waals surface area (Å²) >= 11 is 0. The summed E-state index contributed by atoms with van der Waals surface area (Å²) in [5.74, 6) is 0.259. The maximum Gasteiger partial charge on any atom is 0.148 e. The van der Waals surface area contributed by atoms with Gasteiger partial charge in [0.15, 0.2) is 0 Å². The van der Waals surface area contributed by atoms with Crippen LogP contribution in [0.1, 0.15) is 40.0 Å². The predicted molar refractivity (Wildman–Crippen MR) is 51.4 cm³/mol. The van der Waals surface area contributed by atoms with Gasteiger partial charge in [0.05, 0.1) is 5.92 Å². The van der Waals surface area contributed by atoms with E-state index in [0.717, 1.165) is 25.5 Å². The molecule has 0 spiro atoms. The third-order valence-corrected chi connectivity index (χ3v) is 3.48. The van der Waals surface area contributed by atoms with Gasteiger partial charge in [-0.05, 0) is 18.8 Å². The fraction of sp³-hybridized carbons (Fsp3) is 0.818. The maximum atomic E-state index is 11.8. The van der Waals surface area contributed by atoms with Crippen molar-refractivity contribution in [3.05, 3.63) is 0 Å². The highest BCUT2D eigenvalue weighted by Crippen LogP contribution is 2.41. The molecule has 1 aliphatic rings. The molecule has 2 nitrogen and oxygen atoms in total. The second kappa shape index (κ2) is 3.60. The molecule has 2 atom stereocenters. The quantitative estimate of drug-likeness (QED) is 0.484. The Morgan fingerprint density at radius 3 is 2.54 bits per heavy atom. The summed E-state index contributed by atoms with van der Waals surface area (Å²) in [4.78, 5) is 22.4. The van der Waals surface area contributed by atoms with Gasteiger partial charge in [0.25, 0.3) is 0 Å². The average molecular weight is 182 g/mol. The van der Waals surface area contributed by atoms with Crippen LogP contribution < -0.4 is 0 Å². The molecule has 0 saturated heterocycles. The van der Waals surface area contributed by atoms with E-state index in [1.54, 1.807) is 0 Å². The molecule has 0 aliphatic heterocycles. The molecule has 1 rings (SSSR count). The van der Waals surface area contributed by atoms with Crippen LogP contribution in [0.5, 0.6) is 0 Å². The summed E-state index contributed by atoms with van der Waals surface area (Å²) in [5.41, 5.74) is -0.293. The number of Topliss-reactive ketones (excluding diaryl/α,β-unsaturated/α-hetero) is 1. The molecule has 1 aliphatic carbocycles. The predicted octanol–water partition coefficient (Wildman–Crippen LogP) is 2.22. The van der Waals surface area contributed by atoms with Crippen molar-refractivity contribution in [2.75, 3.05) is 0 Å². The molecule has 0 aromatic heterocycles. The van der Waals surface area contributed by atoms with Crippen LogP contribution in [0.3, 0.4) is 0 Å². The molecule has 1 fully saturated rings. The van der Waals surface area contributed by atoms with Crippen LogP contribution in [-0.2, 0) is 9.59 Å². The van der Waals surface area contributed by atoms with Gasteiger partial charge >= 0.3 is 0 Å². The van der Waals surface area contributed by atoms with E-state index in [1.165, 1.54) is 0 Å². The largest absolute Gasteiger partial charge is 0.303 e. The minimum atomic E-state index is -0.335. The number of aldehydes is 1. The molecule has 2 unspecified atom stereocenters. The van der Waals surface area contributed by atoms with Crippen molar-refractivity contribution in [1.29, 1.82) is 0 Å². The molecule has 0 heterocycles. The Hall–Kier alpha value is -0.660. The smallest absolute Gasteiger partial charge is 0.148 e. The minimum absolute atomic E-state index is 0.139. The molecule has 0 aromatic rings. The zero-order chi connectivity index (χ0) is 10.1. The van der Waals surface area contributed by atoms with Crippen molar-refractivity contribution in [1.82, 2.24) is 0 Å². The lowest BCUT2D eigenvalue weighted by atomic mass is 9.63. The SMILES string of the molecule is CCC1CCC(C=O)C(=O)C1(C)C. The molecule has 0 aromatic carbocycles. The Bertz CT molecular complexity index is 218. The molecule has 13 heavy (non-hydrogen) atoms. The molecule has 74 valence electrons. The van der Waals surface area contributed by atoms with E-state index in [4.69, 9.17) is 0 Å². The molecule has 0 N–H and O–H groups in total. The third-order valence-electron chi connectivity index (χ3n) is 3.48. The fourth-order valence-corrected chi connectivity index (χ4v) is 2.40. The Morgan fingerprint density at radius 2 is 2.08 bits per heavy atom.